The molecular weight excluding hydrogens is 306 g/mol. The highest BCUT2D eigenvalue weighted by Crippen LogP contribution is 2.23. The SMILES string of the molecule is CC(CC(O)c1ccccc1)NC(=O)C(C)Sc1ccccc1. The van der Waals surface area contributed by atoms with Crippen LogP contribution >= 0.6 is 11.8 Å². The minimum Gasteiger partial charge on any atom is -0.388 e. The molecule has 0 saturated carbocycles. The van der Waals surface area contributed by atoms with E-state index in [2.05, 4.69) is 5.32 Å². The first kappa shape index (κ1) is 17.6. The summed E-state index contributed by atoms with van der Waals surface area (Å²) in [6.45, 7) is 3.82. The van der Waals surface area contributed by atoms with Crippen LogP contribution in [0.2, 0.25) is 0 Å². The van der Waals surface area contributed by atoms with Crippen molar-refractivity contribution >= 4 is 17.7 Å². The van der Waals surface area contributed by atoms with Gasteiger partial charge in [0.2, 0.25) is 5.91 Å². The maximum atomic E-state index is 12.3. The molecule has 23 heavy (non-hydrogen) atoms. The number of hydrogen-bond donors (Lipinski definition) is 2. The summed E-state index contributed by atoms with van der Waals surface area (Å²) in [5.74, 6) is -0.00776. The lowest BCUT2D eigenvalue weighted by Gasteiger charge is -2.20. The molecule has 0 aliphatic carbocycles. The Kier molecular flexibility index (Phi) is 6.68. The zero-order valence-corrected chi connectivity index (χ0v) is 14.3. The summed E-state index contributed by atoms with van der Waals surface area (Å²) in [6.07, 6.45) is -0.0676. The van der Waals surface area contributed by atoms with E-state index in [0.717, 1.165) is 10.5 Å². The van der Waals surface area contributed by atoms with Crippen molar-refractivity contribution in [2.45, 2.75) is 42.6 Å². The molecule has 2 N–H and O–H groups in total. The van der Waals surface area contributed by atoms with Crippen LogP contribution in [0, 0.1) is 0 Å². The van der Waals surface area contributed by atoms with Crippen LogP contribution in [-0.2, 0) is 4.79 Å². The Morgan fingerprint density at radius 1 is 1.04 bits per heavy atom. The Morgan fingerprint density at radius 3 is 2.22 bits per heavy atom. The van der Waals surface area contributed by atoms with Gasteiger partial charge in [0.15, 0.2) is 0 Å². The lowest BCUT2D eigenvalue weighted by atomic mass is 10.0. The monoisotopic (exact) mass is 329 g/mol. The molecule has 2 aromatic rings. The van der Waals surface area contributed by atoms with Gasteiger partial charge in [0, 0.05) is 10.9 Å². The molecule has 0 aliphatic rings. The molecule has 3 atom stereocenters. The molecule has 3 unspecified atom stereocenters. The van der Waals surface area contributed by atoms with Crippen molar-refractivity contribution in [3.05, 3.63) is 66.2 Å². The largest absolute Gasteiger partial charge is 0.388 e. The lowest BCUT2D eigenvalue weighted by Crippen LogP contribution is -2.38. The van der Waals surface area contributed by atoms with Gasteiger partial charge in [-0.25, -0.2) is 0 Å². The highest BCUT2D eigenvalue weighted by Gasteiger charge is 2.18. The topological polar surface area (TPSA) is 49.3 Å². The van der Waals surface area contributed by atoms with Gasteiger partial charge in [-0.05, 0) is 38.0 Å². The number of carbonyl (C=O) groups excluding carboxylic acids is 1. The molecule has 1 amide bonds. The lowest BCUT2D eigenvalue weighted by molar-refractivity contribution is -0.121. The molecule has 0 saturated heterocycles. The molecule has 0 heterocycles. The molecule has 0 radical (unpaired) electrons. The molecule has 0 aliphatic heterocycles. The van der Waals surface area contributed by atoms with Crippen molar-refractivity contribution < 1.29 is 9.90 Å². The normalized spacial score (nSPS) is 14.7. The van der Waals surface area contributed by atoms with Crippen LogP contribution in [0.4, 0.5) is 0 Å². The smallest absolute Gasteiger partial charge is 0.233 e. The number of carbonyl (C=O) groups is 1. The second kappa shape index (κ2) is 8.75. The number of aliphatic hydroxyl groups excluding tert-OH is 1. The summed E-state index contributed by atoms with van der Waals surface area (Å²) in [4.78, 5) is 13.3. The van der Waals surface area contributed by atoms with Crippen molar-refractivity contribution in [3.8, 4) is 0 Å². The van der Waals surface area contributed by atoms with Gasteiger partial charge in [0.05, 0.1) is 11.4 Å². The Balaban J connectivity index is 1.82. The van der Waals surface area contributed by atoms with E-state index in [1.165, 1.54) is 11.8 Å². The number of thioether (sulfide) groups is 1. The summed E-state index contributed by atoms with van der Waals surface area (Å²) >= 11 is 1.53. The van der Waals surface area contributed by atoms with E-state index in [1.54, 1.807) is 0 Å². The van der Waals surface area contributed by atoms with E-state index in [9.17, 15) is 9.90 Å². The summed E-state index contributed by atoms with van der Waals surface area (Å²) in [5, 5.41) is 13.0. The summed E-state index contributed by atoms with van der Waals surface area (Å²) in [7, 11) is 0. The van der Waals surface area contributed by atoms with Crippen LogP contribution in [-0.4, -0.2) is 22.3 Å². The molecule has 3 nitrogen and oxygen atoms in total. The fourth-order valence-electron chi connectivity index (χ4n) is 2.32. The molecule has 4 heteroatoms. The molecule has 0 fully saturated rings. The van der Waals surface area contributed by atoms with E-state index < -0.39 is 6.10 Å². The van der Waals surface area contributed by atoms with Crippen molar-refractivity contribution in [1.29, 1.82) is 0 Å². The third kappa shape index (κ3) is 5.73. The molecule has 0 bridgehead atoms. The third-order valence-electron chi connectivity index (χ3n) is 3.58. The first-order valence-corrected chi connectivity index (χ1v) is 8.69. The summed E-state index contributed by atoms with van der Waals surface area (Å²) in [5.41, 5.74) is 0.875. The minimum atomic E-state index is -0.566. The molecular formula is C19H23NO2S. The van der Waals surface area contributed by atoms with Gasteiger partial charge in [-0.3, -0.25) is 4.79 Å². The maximum absolute atomic E-state index is 12.3. The number of aliphatic hydroxyl groups is 1. The Hall–Kier alpha value is -1.78. The van der Waals surface area contributed by atoms with Crippen molar-refractivity contribution in [2.75, 3.05) is 0 Å². The van der Waals surface area contributed by atoms with Crippen LogP contribution < -0.4 is 5.32 Å². The van der Waals surface area contributed by atoms with Crippen molar-refractivity contribution in [1.82, 2.24) is 5.32 Å². The molecule has 2 aromatic carbocycles. The summed E-state index contributed by atoms with van der Waals surface area (Å²) in [6, 6.07) is 19.3. The van der Waals surface area contributed by atoms with Crippen molar-refractivity contribution in [2.24, 2.45) is 0 Å². The molecule has 0 aromatic heterocycles. The fourth-order valence-corrected chi connectivity index (χ4v) is 3.22. The van der Waals surface area contributed by atoms with Gasteiger partial charge in [0.1, 0.15) is 0 Å². The minimum absolute atomic E-state index is 0.00776. The molecule has 2 rings (SSSR count). The average molecular weight is 329 g/mol. The quantitative estimate of drug-likeness (QED) is 0.760. The van der Waals surface area contributed by atoms with Gasteiger partial charge >= 0.3 is 0 Å². The van der Waals surface area contributed by atoms with E-state index in [1.807, 2.05) is 74.5 Å². The maximum Gasteiger partial charge on any atom is 0.233 e. The van der Waals surface area contributed by atoms with E-state index in [-0.39, 0.29) is 17.2 Å². The van der Waals surface area contributed by atoms with Crippen molar-refractivity contribution in [3.63, 3.8) is 0 Å². The molecule has 122 valence electrons. The first-order valence-electron chi connectivity index (χ1n) is 7.81. The predicted molar refractivity (Wildman–Crippen MR) is 95.4 cm³/mol. The van der Waals surface area contributed by atoms with Crippen LogP contribution in [0.15, 0.2) is 65.6 Å². The fraction of sp³-hybridized carbons (Fsp3) is 0.316. The number of amides is 1. The van der Waals surface area contributed by atoms with Crippen LogP contribution in [0.3, 0.4) is 0 Å². The van der Waals surface area contributed by atoms with E-state index in [0.29, 0.717) is 6.42 Å². The Morgan fingerprint density at radius 2 is 1.61 bits per heavy atom. The second-order valence-electron chi connectivity index (χ2n) is 5.64. The highest BCUT2D eigenvalue weighted by molar-refractivity contribution is 8.00. The van der Waals surface area contributed by atoms with Gasteiger partial charge in [-0.2, -0.15) is 0 Å². The number of rotatable bonds is 7. The van der Waals surface area contributed by atoms with Gasteiger partial charge < -0.3 is 10.4 Å². The van der Waals surface area contributed by atoms with E-state index >= 15 is 0 Å². The zero-order chi connectivity index (χ0) is 16.7. The molecule has 0 spiro atoms. The van der Waals surface area contributed by atoms with Gasteiger partial charge in [0.25, 0.3) is 0 Å². The summed E-state index contributed by atoms with van der Waals surface area (Å²) < 4.78 is 0. The average Bonchev–Trinajstić information content (AvgIpc) is 2.56. The zero-order valence-electron chi connectivity index (χ0n) is 13.5. The van der Waals surface area contributed by atoms with Gasteiger partial charge in [-0.1, -0.05) is 48.5 Å². The Labute approximate surface area is 142 Å². The van der Waals surface area contributed by atoms with E-state index in [4.69, 9.17) is 0 Å². The number of benzene rings is 2. The van der Waals surface area contributed by atoms with Gasteiger partial charge in [-0.15, -0.1) is 11.8 Å². The van der Waals surface area contributed by atoms with Crippen LogP contribution in [0.1, 0.15) is 31.9 Å². The standard InChI is InChI=1S/C19H23NO2S/c1-14(13-18(21)16-9-5-3-6-10-16)20-19(22)15(2)23-17-11-7-4-8-12-17/h3-12,14-15,18,21H,13H2,1-2H3,(H,20,22). The Bertz CT molecular complexity index is 603. The first-order chi connectivity index (χ1) is 11.1. The third-order valence-corrected chi connectivity index (χ3v) is 4.69. The second-order valence-corrected chi connectivity index (χ2v) is 7.06. The number of hydrogen-bond acceptors (Lipinski definition) is 3. The highest BCUT2D eigenvalue weighted by atomic mass is 32.2. The predicted octanol–water partition coefficient (Wildman–Crippen LogP) is 3.80. The number of nitrogens with one attached hydrogen (secondary N) is 1. The van der Waals surface area contributed by atoms with Crippen LogP contribution in [0.25, 0.3) is 0 Å². The van der Waals surface area contributed by atoms with Crippen LogP contribution in [0.5, 0.6) is 0 Å².